The zero-order valence-electron chi connectivity index (χ0n) is 11.0. The Labute approximate surface area is 112 Å². The van der Waals surface area contributed by atoms with E-state index in [4.69, 9.17) is 5.73 Å². The Morgan fingerprint density at radius 3 is 2.68 bits per heavy atom. The summed E-state index contributed by atoms with van der Waals surface area (Å²) in [6.45, 7) is 3.71. The van der Waals surface area contributed by atoms with Gasteiger partial charge in [0.05, 0.1) is 11.7 Å². The lowest BCUT2D eigenvalue weighted by Crippen LogP contribution is -2.56. The van der Waals surface area contributed by atoms with Gasteiger partial charge in [-0.05, 0) is 19.1 Å². The van der Waals surface area contributed by atoms with Crippen molar-refractivity contribution >= 4 is 11.8 Å². The number of amides is 2. The molecule has 2 amide bonds. The highest BCUT2D eigenvalue weighted by molar-refractivity contribution is 6.35. The lowest BCUT2D eigenvalue weighted by Gasteiger charge is -2.37. The van der Waals surface area contributed by atoms with Crippen LogP contribution in [-0.2, 0) is 9.59 Å². The highest BCUT2D eigenvalue weighted by Crippen LogP contribution is 2.20. The Bertz CT molecular complexity index is 463. The van der Waals surface area contributed by atoms with Crippen LogP contribution in [0, 0.1) is 0 Å². The molecule has 0 radical (unpaired) electrons. The first-order chi connectivity index (χ1) is 9.19. The summed E-state index contributed by atoms with van der Waals surface area (Å²) >= 11 is 0. The van der Waals surface area contributed by atoms with E-state index in [0.717, 1.165) is 5.69 Å². The van der Waals surface area contributed by atoms with E-state index in [2.05, 4.69) is 4.98 Å². The van der Waals surface area contributed by atoms with E-state index in [1.165, 1.54) is 4.90 Å². The predicted octanol–water partition coefficient (Wildman–Crippen LogP) is -0.228. The summed E-state index contributed by atoms with van der Waals surface area (Å²) in [6, 6.07) is 5.14. The Morgan fingerprint density at radius 1 is 1.32 bits per heavy atom. The van der Waals surface area contributed by atoms with E-state index >= 15 is 0 Å². The number of nitrogens with zero attached hydrogens (tertiary/aromatic N) is 3. The summed E-state index contributed by atoms with van der Waals surface area (Å²) < 4.78 is 0. The second-order valence-electron chi connectivity index (χ2n) is 4.39. The van der Waals surface area contributed by atoms with E-state index in [1.54, 1.807) is 17.2 Å². The Kier molecular flexibility index (Phi) is 4.11. The SMILES string of the molecule is CCN1CCN(C(CN)c2ccccn2)C(=O)C1=O. The molecule has 1 aromatic heterocycles. The predicted molar refractivity (Wildman–Crippen MR) is 70.0 cm³/mol. The number of pyridine rings is 1. The average molecular weight is 262 g/mol. The number of rotatable bonds is 4. The monoisotopic (exact) mass is 262 g/mol. The Morgan fingerprint density at radius 2 is 2.11 bits per heavy atom. The van der Waals surface area contributed by atoms with Gasteiger partial charge < -0.3 is 15.5 Å². The van der Waals surface area contributed by atoms with Gasteiger partial charge in [-0.15, -0.1) is 0 Å². The summed E-state index contributed by atoms with van der Waals surface area (Å²) in [5.74, 6) is -0.947. The van der Waals surface area contributed by atoms with Crippen LogP contribution in [0.4, 0.5) is 0 Å². The molecule has 1 aromatic rings. The normalized spacial score (nSPS) is 17.8. The number of nitrogens with two attached hydrogens (primary N) is 1. The molecule has 0 aliphatic carbocycles. The molecule has 0 spiro atoms. The summed E-state index contributed by atoms with van der Waals surface area (Å²) in [6.07, 6.45) is 1.66. The van der Waals surface area contributed by atoms with Crippen molar-refractivity contribution in [1.29, 1.82) is 0 Å². The third-order valence-electron chi connectivity index (χ3n) is 3.35. The van der Waals surface area contributed by atoms with Crippen LogP contribution in [0.5, 0.6) is 0 Å². The fourth-order valence-corrected chi connectivity index (χ4v) is 2.27. The minimum atomic E-state index is -0.491. The number of likely N-dealkylation sites (N-methyl/N-ethyl adjacent to an activating group) is 1. The second-order valence-corrected chi connectivity index (χ2v) is 4.39. The molecule has 0 bridgehead atoms. The van der Waals surface area contributed by atoms with Crippen LogP contribution in [0.15, 0.2) is 24.4 Å². The average Bonchev–Trinajstić information content (AvgIpc) is 2.45. The van der Waals surface area contributed by atoms with Crippen molar-refractivity contribution in [2.75, 3.05) is 26.2 Å². The van der Waals surface area contributed by atoms with Gasteiger partial charge in [0, 0.05) is 32.4 Å². The number of carbonyl (C=O) groups is 2. The molecule has 1 atom stereocenters. The zero-order chi connectivity index (χ0) is 13.8. The molecular formula is C13H18N4O2. The lowest BCUT2D eigenvalue weighted by atomic mass is 10.1. The molecule has 1 aliphatic heterocycles. The number of hydrogen-bond acceptors (Lipinski definition) is 4. The topological polar surface area (TPSA) is 79.5 Å². The standard InChI is InChI=1S/C13H18N4O2/c1-2-16-7-8-17(13(19)12(16)18)11(9-14)10-5-3-4-6-15-10/h3-6,11H,2,7-9,14H2,1H3. The van der Waals surface area contributed by atoms with Gasteiger partial charge in [-0.2, -0.15) is 0 Å². The van der Waals surface area contributed by atoms with Crippen LogP contribution in [0.3, 0.4) is 0 Å². The minimum Gasteiger partial charge on any atom is -0.333 e. The van der Waals surface area contributed by atoms with E-state index in [-0.39, 0.29) is 12.6 Å². The molecule has 1 saturated heterocycles. The third-order valence-corrected chi connectivity index (χ3v) is 3.35. The van der Waals surface area contributed by atoms with Crippen molar-refractivity contribution in [1.82, 2.24) is 14.8 Å². The molecule has 19 heavy (non-hydrogen) atoms. The molecule has 2 rings (SSSR count). The molecule has 1 fully saturated rings. The van der Waals surface area contributed by atoms with Crippen LogP contribution in [0.2, 0.25) is 0 Å². The lowest BCUT2D eigenvalue weighted by molar-refractivity contribution is -0.157. The minimum absolute atomic E-state index is 0.252. The van der Waals surface area contributed by atoms with Crippen LogP contribution >= 0.6 is 0 Å². The molecular weight excluding hydrogens is 244 g/mol. The van der Waals surface area contributed by atoms with Crippen molar-refractivity contribution in [2.24, 2.45) is 5.73 Å². The Balaban J connectivity index is 2.21. The molecule has 2 heterocycles. The zero-order valence-corrected chi connectivity index (χ0v) is 11.0. The molecule has 1 unspecified atom stereocenters. The number of aromatic nitrogens is 1. The molecule has 6 heteroatoms. The van der Waals surface area contributed by atoms with Crippen molar-refractivity contribution in [3.8, 4) is 0 Å². The van der Waals surface area contributed by atoms with Gasteiger partial charge in [0.1, 0.15) is 0 Å². The fraction of sp³-hybridized carbons (Fsp3) is 0.462. The first-order valence-electron chi connectivity index (χ1n) is 6.40. The van der Waals surface area contributed by atoms with E-state index in [0.29, 0.717) is 19.6 Å². The van der Waals surface area contributed by atoms with Crippen molar-refractivity contribution in [2.45, 2.75) is 13.0 Å². The van der Waals surface area contributed by atoms with E-state index < -0.39 is 11.8 Å². The first-order valence-corrected chi connectivity index (χ1v) is 6.40. The maximum absolute atomic E-state index is 12.1. The van der Waals surface area contributed by atoms with Gasteiger partial charge in [-0.3, -0.25) is 14.6 Å². The summed E-state index contributed by atoms with van der Waals surface area (Å²) in [7, 11) is 0. The first kappa shape index (κ1) is 13.5. The van der Waals surface area contributed by atoms with E-state index in [1.807, 2.05) is 19.1 Å². The fourth-order valence-electron chi connectivity index (χ4n) is 2.27. The molecule has 1 aliphatic rings. The number of piperazine rings is 1. The van der Waals surface area contributed by atoms with Gasteiger partial charge in [-0.1, -0.05) is 6.07 Å². The van der Waals surface area contributed by atoms with Crippen LogP contribution < -0.4 is 5.73 Å². The van der Waals surface area contributed by atoms with Gasteiger partial charge in [0.25, 0.3) is 0 Å². The van der Waals surface area contributed by atoms with Crippen molar-refractivity contribution in [3.05, 3.63) is 30.1 Å². The highest BCUT2D eigenvalue weighted by Gasteiger charge is 2.36. The van der Waals surface area contributed by atoms with Gasteiger partial charge in [0.15, 0.2) is 0 Å². The Hall–Kier alpha value is -1.95. The maximum atomic E-state index is 12.1. The summed E-state index contributed by atoms with van der Waals surface area (Å²) in [5, 5.41) is 0. The molecule has 0 aromatic carbocycles. The summed E-state index contributed by atoms with van der Waals surface area (Å²) in [4.78, 5) is 31.3. The number of carbonyl (C=O) groups excluding carboxylic acids is 2. The molecule has 2 N–H and O–H groups in total. The maximum Gasteiger partial charge on any atom is 0.312 e. The molecule has 102 valence electrons. The van der Waals surface area contributed by atoms with Gasteiger partial charge in [-0.25, -0.2) is 0 Å². The third kappa shape index (κ3) is 2.58. The second kappa shape index (κ2) is 5.79. The quantitative estimate of drug-likeness (QED) is 0.760. The van der Waals surface area contributed by atoms with Crippen LogP contribution in [0.1, 0.15) is 18.7 Å². The smallest absolute Gasteiger partial charge is 0.312 e. The highest BCUT2D eigenvalue weighted by atomic mass is 16.2. The molecule has 0 saturated carbocycles. The van der Waals surface area contributed by atoms with Crippen LogP contribution in [0.25, 0.3) is 0 Å². The summed E-state index contributed by atoms with van der Waals surface area (Å²) in [5.41, 5.74) is 6.47. The van der Waals surface area contributed by atoms with Crippen molar-refractivity contribution in [3.63, 3.8) is 0 Å². The van der Waals surface area contributed by atoms with Crippen molar-refractivity contribution < 1.29 is 9.59 Å². The van der Waals surface area contributed by atoms with E-state index in [9.17, 15) is 9.59 Å². The van der Waals surface area contributed by atoms with Gasteiger partial charge in [0.2, 0.25) is 0 Å². The molecule has 6 nitrogen and oxygen atoms in total. The van der Waals surface area contributed by atoms with Crippen LogP contribution in [-0.4, -0.2) is 52.8 Å². The largest absolute Gasteiger partial charge is 0.333 e. The number of hydrogen-bond donors (Lipinski definition) is 1. The van der Waals surface area contributed by atoms with Gasteiger partial charge >= 0.3 is 11.8 Å².